The van der Waals surface area contributed by atoms with E-state index in [4.69, 9.17) is 16.6 Å². The molecule has 0 aliphatic rings. The summed E-state index contributed by atoms with van der Waals surface area (Å²) >= 11 is 1.98. The molecule has 6 nitrogen and oxygen atoms in total. The van der Waals surface area contributed by atoms with E-state index in [9.17, 15) is 4.79 Å². The summed E-state index contributed by atoms with van der Waals surface area (Å²) < 4.78 is 1.67. The van der Waals surface area contributed by atoms with Gasteiger partial charge in [-0.2, -0.15) is 0 Å². The third kappa shape index (κ3) is 7.37. The molecule has 0 aromatic rings. The number of hydrogen-bond donors (Lipinski definition) is 3. The van der Waals surface area contributed by atoms with Gasteiger partial charge in [0, 0.05) is 29.4 Å². The average Bonchev–Trinajstić information content (AvgIpc) is 2.08. The minimum absolute atomic E-state index is 0.0794. The van der Waals surface area contributed by atoms with Crippen molar-refractivity contribution >= 4 is 34.8 Å². The fourth-order valence-corrected chi connectivity index (χ4v) is 1.63. The molecule has 1 atom stereocenters. The Bertz CT molecular complexity index is 229. The molecular formula is C8H17IN4O2. The number of nitrogens with two attached hydrogens (primary N) is 2. The number of halogens is 1. The summed E-state index contributed by atoms with van der Waals surface area (Å²) in [5.41, 5.74) is 10.3. The molecule has 0 aromatic heterocycles. The fraction of sp³-hybridized carbons (Fsp3) is 0.750. The van der Waals surface area contributed by atoms with Crippen LogP contribution in [-0.4, -0.2) is 39.8 Å². The van der Waals surface area contributed by atoms with E-state index in [-0.39, 0.29) is 5.96 Å². The van der Waals surface area contributed by atoms with Crippen molar-refractivity contribution in [2.45, 2.75) is 25.3 Å². The van der Waals surface area contributed by atoms with E-state index < -0.39 is 12.0 Å². The Balaban J connectivity index is 3.73. The van der Waals surface area contributed by atoms with Crippen molar-refractivity contribution in [3.8, 4) is 0 Å². The number of carboxylic acid groups (broad SMARTS) is 1. The summed E-state index contributed by atoms with van der Waals surface area (Å²) in [6.07, 6.45) is 2.20. The van der Waals surface area contributed by atoms with Crippen molar-refractivity contribution in [1.29, 1.82) is 0 Å². The highest BCUT2D eigenvalue weighted by Crippen LogP contribution is 2.11. The zero-order valence-corrected chi connectivity index (χ0v) is 10.8. The highest BCUT2D eigenvalue weighted by molar-refractivity contribution is 14.1. The van der Waals surface area contributed by atoms with Gasteiger partial charge in [-0.25, -0.2) is 3.11 Å². The quantitative estimate of drug-likeness (QED) is 0.203. The molecule has 0 aromatic carbocycles. The van der Waals surface area contributed by atoms with Crippen LogP contribution in [0.15, 0.2) is 4.99 Å². The second-order valence-corrected chi connectivity index (χ2v) is 4.70. The molecule has 0 heterocycles. The molecule has 88 valence electrons. The van der Waals surface area contributed by atoms with E-state index in [1.54, 1.807) is 10.2 Å². The van der Waals surface area contributed by atoms with Crippen LogP contribution >= 0.6 is 22.9 Å². The molecule has 0 spiro atoms. The maximum atomic E-state index is 10.8. The number of rotatable bonds is 7. The van der Waals surface area contributed by atoms with Crippen LogP contribution in [0.1, 0.15) is 19.3 Å². The molecule has 0 saturated heterocycles. The third-order valence-corrected chi connectivity index (χ3v) is 2.57. The second kappa shape index (κ2) is 7.69. The van der Waals surface area contributed by atoms with Gasteiger partial charge in [-0.05, 0) is 26.3 Å². The van der Waals surface area contributed by atoms with Gasteiger partial charge in [0.15, 0.2) is 5.96 Å². The molecule has 0 bridgehead atoms. The number of likely N-dealkylation sites (N-methyl/N-ethyl adjacent to an activating group) is 1. The zero-order valence-electron chi connectivity index (χ0n) is 8.69. The van der Waals surface area contributed by atoms with Crippen molar-refractivity contribution in [1.82, 2.24) is 3.11 Å². The summed E-state index contributed by atoms with van der Waals surface area (Å²) in [7, 11) is 1.75. The maximum Gasteiger partial charge on any atom is 0.321 e. The zero-order chi connectivity index (χ0) is 11.8. The normalized spacial score (nSPS) is 12.5. The first-order valence-corrected chi connectivity index (χ1v) is 5.58. The van der Waals surface area contributed by atoms with Crippen molar-refractivity contribution in [2.75, 3.05) is 13.6 Å². The Morgan fingerprint density at radius 2 is 2.13 bits per heavy atom. The van der Waals surface area contributed by atoms with Crippen LogP contribution in [0, 0.1) is 0 Å². The Morgan fingerprint density at radius 1 is 1.53 bits per heavy atom. The van der Waals surface area contributed by atoms with Gasteiger partial charge < -0.3 is 16.6 Å². The van der Waals surface area contributed by atoms with Crippen LogP contribution in [0.2, 0.25) is 0 Å². The SMILES string of the molecule is CN(I)[C@@H](CCCCN=C(N)N)C(=O)O. The average molecular weight is 328 g/mol. The minimum atomic E-state index is -0.797. The fourth-order valence-electron chi connectivity index (χ4n) is 1.11. The molecule has 0 amide bonds. The first kappa shape index (κ1) is 14.4. The molecular weight excluding hydrogens is 311 g/mol. The van der Waals surface area contributed by atoms with Crippen molar-refractivity contribution in [3.63, 3.8) is 0 Å². The Labute approximate surface area is 103 Å². The molecule has 0 radical (unpaired) electrons. The Morgan fingerprint density at radius 3 is 2.53 bits per heavy atom. The van der Waals surface area contributed by atoms with E-state index in [0.717, 1.165) is 12.8 Å². The van der Waals surface area contributed by atoms with Crippen molar-refractivity contribution in [3.05, 3.63) is 0 Å². The lowest BCUT2D eigenvalue weighted by atomic mass is 10.1. The van der Waals surface area contributed by atoms with Crippen LogP contribution in [-0.2, 0) is 4.79 Å². The monoisotopic (exact) mass is 328 g/mol. The summed E-state index contributed by atoms with van der Waals surface area (Å²) in [5, 5.41) is 8.87. The predicted octanol–water partition coefficient (Wildman–Crippen LogP) is 0.165. The molecule has 0 aliphatic carbocycles. The lowest BCUT2D eigenvalue weighted by Gasteiger charge is -2.17. The summed E-state index contributed by atoms with van der Waals surface area (Å²) in [6, 6.07) is -0.440. The summed E-state index contributed by atoms with van der Waals surface area (Å²) in [6.45, 7) is 0.555. The number of nitrogens with zero attached hydrogens (tertiary/aromatic N) is 2. The van der Waals surface area contributed by atoms with E-state index in [0.29, 0.717) is 13.0 Å². The van der Waals surface area contributed by atoms with Gasteiger partial charge in [-0.1, -0.05) is 0 Å². The van der Waals surface area contributed by atoms with Crippen molar-refractivity contribution in [2.24, 2.45) is 16.5 Å². The number of carboxylic acids is 1. The Hall–Kier alpha value is -0.570. The number of aliphatic carboxylic acids is 1. The van der Waals surface area contributed by atoms with Gasteiger partial charge in [0.2, 0.25) is 0 Å². The third-order valence-electron chi connectivity index (χ3n) is 1.89. The van der Waals surface area contributed by atoms with Crippen LogP contribution in [0.5, 0.6) is 0 Å². The first-order valence-electron chi connectivity index (χ1n) is 4.62. The minimum Gasteiger partial charge on any atom is -0.480 e. The van der Waals surface area contributed by atoms with Gasteiger partial charge in [0.25, 0.3) is 0 Å². The van der Waals surface area contributed by atoms with E-state index in [2.05, 4.69) is 4.99 Å². The molecule has 15 heavy (non-hydrogen) atoms. The molecule has 5 N–H and O–H groups in total. The maximum absolute atomic E-state index is 10.8. The molecule has 0 fully saturated rings. The van der Waals surface area contributed by atoms with E-state index in [1.165, 1.54) is 0 Å². The van der Waals surface area contributed by atoms with Crippen molar-refractivity contribution < 1.29 is 9.90 Å². The standard InChI is InChI=1S/C8H17IN4O2/c1-13(9)6(7(14)15)4-2-3-5-12-8(10)11/h6H,2-5H2,1H3,(H,14,15)(H4,10,11,12)/t6-/m0/s1. The first-order chi connectivity index (χ1) is 6.95. The molecule has 0 unspecified atom stereocenters. The number of guanidine groups is 1. The summed E-state index contributed by atoms with van der Waals surface area (Å²) in [4.78, 5) is 14.6. The van der Waals surface area contributed by atoms with Crippen LogP contribution in [0.25, 0.3) is 0 Å². The summed E-state index contributed by atoms with van der Waals surface area (Å²) in [5.74, 6) is -0.718. The Kier molecular flexibility index (Phi) is 7.39. The highest BCUT2D eigenvalue weighted by Gasteiger charge is 2.19. The van der Waals surface area contributed by atoms with Crippen LogP contribution < -0.4 is 11.5 Å². The smallest absolute Gasteiger partial charge is 0.321 e. The number of unbranched alkanes of at least 4 members (excludes halogenated alkanes) is 1. The topological polar surface area (TPSA) is 105 Å². The molecule has 7 heteroatoms. The largest absolute Gasteiger partial charge is 0.480 e. The number of aliphatic imine (C=N–C) groups is 1. The second-order valence-electron chi connectivity index (χ2n) is 3.18. The lowest BCUT2D eigenvalue weighted by Crippen LogP contribution is -2.31. The van der Waals surface area contributed by atoms with Gasteiger partial charge in [0.1, 0.15) is 6.04 Å². The van der Waals surface area contributed by atoms with E-state index in [1.807, 2.05) is 22.9 Å². The van der Waals surface area contributed by atoms with Gasteiger partial charge >= 0.3 is 5.97 Å². The molecule has 0 rings (SSSR count). The van der Waals surface area contributed by atoms with E-state index >= 15 is 0 Å². The lowest BCUT2D eigenvalue weighted by molar-refractivity contribution is -0.140. The number of carbonyl (C=O) groups is 1. The predicted molar refractivity (Wildman–Crippen MR) is 67.7 cm³/mol. The highest BCUT2D eigenvalue weighted by atomic mass is 127. The van der Waals surface area contributed by atoms with Gasteiger partial charge in [-0.15, -0.1) is 0 Å². The van der Waals surface area contributed by atoms with Gasteiger partial charge in [-0.3, -0.25) is 9.79 Å². The van der Waals surface area contributed by atoms with Crippen LogP contribution in [0.3, 0.4) is 0 Å². The van der Waals surface area contributed by atoms with Gasteiger partial charge in [0.05, 0.1) is 0 Å². The molecule has 0 saturated carbocycles. The van der Waals surface area contributed by atoms with Crippen LogP contribution in [0.4, 0.5) is 0 Å². The number of hydrogen-bond acceptors (Lipinski definition) is 3. The molecule has 0 aliphatic heterocycles.